The third kappa shape index (κ3) is 4.72. The predicted octanol–water partition coefficient (Wildman–Crippen LogP) is 4.37. The number of hydrogen-bond acceptors (Lipinski definition) is 6. The van der Waals surface area contributed by atoms with E-state index in [9.17, 15) is 4.79 Å². The smallest absolute Gasteiger partial charge is 0.280 e. The fraction of sp³-hybridized carbons (Fsp3) is 0.542. The summed E-state index contributed by atoms with van der Waals surface area (Å²) in [5.74, 6) is -0.0806. The fourth-order valence-corrected chi connectivity index (χ4v) is 5.19. The molecule has 0 bridgehead atoms. The van der Waals surface area contributed by atoms with Crippen molar-refractivity contribution in [2.45, 2.75) is 47.1 Å². The molecule has 0 atom stereocenters. The molecule has 172 valence electrons. The van der Waals surface area contributed by atoms with Gasteiger partial charge in [0.1, 0.15) is 0 Å². The van der Waals surface area contributed by atoms with Gasteiger partial charge in [0, 0.05) is 37.9 Å². The highest BCUT2D eigenvalue weighted by atomic mass is 32.1. The van der Waals surface area contributed by atoms with E-state index >= 15 is 0 Å². The van der Waals surface area contributed by atoms with Gasteiger partial charge in [-0.2, -0.15) is 5.10 Å². The van der Waals surface area contributed by atoms with Gasteiger partial charge < -0.3 is 4.74 Å². The summed E-state index contributed by atoms with van der Waals surface area (Å²) >= 11 is 1.58. The van der Waals surface area contributed by atoms with Crippen LogP contribution in [0.5, 0.6) is 0 Å². The molecule has 2 aromatic heterocycles. The zero-order chi connectivity index (χ0) is 22.8. The summed E-state index contributed by atoms with van der Waals surface area (Å²) in [6, 6.07) is 6.32. The van der Waals surface area contributed by atoms with Crippen LogP contribution < -0.4 is 4.90 Å². The van der Waals surface area contributed by atoms with Crippen molar-refractivity contribution in [1.82, 2.24) is 19.7 Å². The van der Waals surface area contributed by atoms with Crippen LogP contribution in [0.2, 0.25) is 0 Å². The lowest BCUT2D eigenvalue weighted by Gasteiger charge is -2.27. The summed E-state index contributed by atoms with van der Waals surface area (Å²) in [7, 11) is 0. The van der Waals surface area contributed by atoms with E-state index < -0.39 is 0 Å². The first-order valence-electron chi connectivity index (χ1n) is 11.4. The molecule has 0 spiro atoms. The molecule has 1 aliphatic rings. The summed E-state index contributed by atoms with van der Waals surface area (Å²) in [5.41, 5.74) is 4.85. The van der Waals surface area contributed by atoms with Crippen LogP contribution in [-0.2, 0) is 4.74 Å². The molecule has 1 fully saturated rings. The Bertz CT molecular complexity index is 1100. The molecule has 0 aliphatic carbocycles. The molecule has 0 N–H and O–H groups in total. The molecule has 1 amide bonds. The third-order valence-corrected chi connectivity index (χ3v) is 7.18. The number of hydrogen-bond donors (Lipinski definition) is 0. The number of aromatic nitrogens is 3. The molecule has 3 heterocycles. The topological polar surface area (TPSA) is 63.5 Å². The summed E-state index contributed by atoms with van der Waals surface area (Å²) < 4.78 is 8.47. The largest absolute Gasteiger partial charge is 0.379 e. The van der Waals surface area contributed by atoms with Crippen molar-refractivity contribution in [2.24, 2.45) is 0 Å². The number of anilines is 1. The average Bonchev–Trinajstić information content (AvgIpc) is 3.38. The zero-order valence-electron chi connectivity index (χ0n) is 19.7. The van der Waals surface area contributed by atoms with E-state index in [1.807, 2.05) is 22.6 Å². The Morgan fingerprint density at radius 3 is 2.66 bits per heavy atom. The van der Waals surface area contributed by atoms with Gasteiger partial charge >= 0.3 is 0 Å². The fourth-order valence-electron chi connectivity index (χ4n) is 4.14. The molecule has 32 heavy (non-hydrogen) atoms. The van der Waals surface area contributed by atoms with Gasteiger partial charge in [-0.25, -0.2) is 4.98 Å². The van der Waals surface area contributed by atoms with E-state index in [-0.39, 0.29) is 11.9 Å². The summed E-state index contributed by atoms with van der Waals surface area (Å²) in [6.45, 7) is 15.4. The first-order valence-corrected chi connectivity index (χ1v) is 12.2. The first kappa shape index (κ1) is 22.9. The predicted molar refractivity (Wildman–Crippen MR) is 130 cm³/mol. The van der Waals surface area contributed by atoms with Crippen LogP contribution in [-0.4, -0.2) is 65.0 Å². The Morgan fingerprint density at radius 1 is 1.22 bits per heavy atom. The second-order valence-corrected chi connectivity index (χ2v) is 9.83. The van der Waals surface area contributed by atoms with Crippen molar-refractivity contribution >= 4 is 32.6 Å². The summed E-state index contributed by atoms with van der Waals surface area (Å²) in [5, 5.41) is 5.36. The van der Waals surface area contributed by atoms with Crippen LogP contribution in [0.25, 0.3) is 10.2 Å². The third-order valence-electron chi connectivity index (χ3n) is 6.14. The second kappa shape index (κ2) is 9.68. The van der Waals surface area contributed by atoms with Gasteiger partial charge in [-0.15, -0.1) is 0 Å². The number of nitrogens with zero attached hydrogens (tertiary/aromatic N) is 5. The maximum absolute atomic E-state index is 13.6. The van der Waals surface area contributed by atoms with Crippen molar-refractivity contribution in [3.05, 3.63) is 40.7 Å². The monoisotopic (exact) mass is 455 g/mol. The number of ether oxygens (including phenoxy) is 1. The van der Waals surface area contributed by atoms with Gasteiger partial charge in [-0.05, 0) is 64.3 Å². The van der Waals surface area contributed by atoms with E-state index in [2.05, 4.69) is 49.8 Å². The van der Waals surface area contributed by atoms with Crippen molar-refractivity contribution in [1.29, 1.82) is 0 Å². The summed E-state index contributed by atoms with van der Waals surface area (Å²) in [6.07, 6.45) is 0.879. The maximum Gasteiger partial charge on any atom is 0.280 e. The quantitative estimate of drug-likeness (QED) is 0.529. The zero-order valence-corrected chi connectivity index (χ0v) is 20.5. The van der Waals surface area contributed by atoms with Crippen LogP contribution in [0, 0.1) is 20.8 Å². The lowest BCUT2D eigenvalue weighted by Crippen LogP contribution is -2.39. The lowest BCUT2D eigenvalue weighted by atomic mass is 10.1. The van der Waals surface area contributed by atoms with Gasteiger partial charge in [0.05, 0.1) is 23.4 Å². The highest BCUT2D eigenvalue weighted by Crippen LogP contribution is 2.32. The van der Waals surface area contributed by atoms with Crippen LogP contribution >= 0.6 is 11.3 Å². The van der Waals surface area contributed by atoms with Crippen molar-refractivity contribution < 1.29 is 9.53 Å². The number of benzene rings is 1. The number of thiazole rings is 1. The Hall–Kier alpha value is -2.29. The number of morpholine rings is 1. The van der Waals surface area contributed by atoms with E-state index in [4.69, 9.17) is 9.72 Å². The maximum atomic E-state index is 13.6. The Morgan fingerprint density at radius 2 is 1.97 bits per heavy atom. The standard InChI is InChI=1S/C24H33N5O2S/c1-16(2)29-18(4)15-20(26-29)23(30)28(10-6-9-27-11-13-31-14-12-27)24-25-22-19(5)17(3)7-8-21(22)32-24/h7-8,15-16H,6,9-14H2,1-5H3. The molecular formula is C24H33N5O2S. The van der Waals surface area contributed by atoms with Crippen molar-refractivity contribution in [2.75, 3.05) is 44.3 Å². The normalized spacial score (nSPS) is 15.1. The van der Waals surface area contributed by atoms with Crippen LogP contribution in [0.15, 0.2) is 18.2 Å². The van der Waals surface area contributed by atoms with Crippen LogP contribution in [0.1, 0.15) is 53.6 Å². The molecule has 8 heteroatoms. The summed E-state index contributed by atoms with van der Waals surface area (Å²) in [4.78, 5) is 22.8. The Kier molecular flexibility index (Phi) is 6.93. The first-order chi connectivity index (χ1) is 15.3. The highest BCUT2D eigenvalue weighted by molar-refractivity contribution is 7.22. The molecule has 0 saturated carbocycles. The van der Waals surface area contributed by atoms with Gasteiger partial charge in [0.25, 0.3) is 5.91 Å². The van der Waals surface area contributed by atoms with Crippen molar-refractivity contribution in [3.63, 3.8) is 0 Å². The molecule has 1 saturated heterocycles. The number of fused-ring (bicyclic) bond motifs is 1. The highest BCUT2D eigenvalue weighted by Gasteiger charge is 2.25. The molecule has 3 aromatic rings. The van der Waals surface area contributed by atoms with E-state index in [0.717, 1.165) is 60.3 Å². The lowest BCUT2D eigenvalue weighted by molar-refractivity contribution is 0.0376. The molecule has 4 rings (SSSR count). The van der Waals surface area contributed by atoms with Crippen molar-refractivity contribution in [3.8, 4) is 0 Å². The van der Waals surface area contributed by atoms with Gasteiger partial charge in [0.15, 0.2) is 10.8 Å². The van der Waals surface area contributed by atoms with Crippen LogP contribution in [0.3, 0.4) is 0 Å². The molecule has 1 aromatic carbocycles. The minimum Gasteiger partial charge on any atom is -0.379 e. The molecule has 7 nitrogen and oxygen atoms in total. The minimum atomic E-state index is -0.0806. The number of carbonyl (C=O) groups excluding carboxylic acids is 1. The second-order valence-electron chi connectivity index (χ2n) is 8.82. The number of amides is 1. The van der Waals surface area contributed by atoms with E-state index in [1.54, 1.807) is 11.3 Å². The Balaban J connectivity index is 1.62. The molecule has 1 aliphatic heterocycles. The Labute approximate surface area is 194 Å². The minimum absolute atomic E-state index is 0.0806. The average molecular weight is 456 g/mol. The molecule has 0 radical (unpaired) electrons. The van der Waals surface area contributed by atoms with Gasteiger partial charge in [-0.1, -0.05) is 17.4 Å². The number of carbonyl (C=O) groups is 1. The molecular weight excluding hydrogens is 422 g/mol. The van der Waals surface area contributed by atoms with Gasteiger partial charge in [0.2, 0.25) is 0 Å². The number of aryl methyl sites for hydroxylation is 3. The molecule has 0 unspecified atom stereocenters. The van der Waals surface area contributed by atoms with E-state index in [0.29, 0.717) is 12.2 Å². The van der Waals surface area contributed by atoms with Gasteiger partial charge in [-0.3, -0.25) is 19.3 Å². The number of rotatable bonds is 7. The van der Waals surface area contributed by atoms with E-state index in [1.165, 1.54) is 11.1 Å². The SMILES string of the molecule is Cc1ccc2sc(N(CCCN3CCOCC3)C(=O)c3cc(C)n(C(C)C)n3)nc2c1C. The van der Waals surface area contributed by atoms with Crippen LogP contribution in [0.4, 0.5) is 5.13 Å².